The highest BCUT2D eigenvalue weighted by molar-refractivity contribution is 5.77. The molecule has 7 heteroatoms. The Kier molecular flexibility index (Phi) is 5.10. The van der Waals surface area contributed by atoms with E-state index >= 15 is 0 Å². The monoisotopic (exact) mass is 342 g/mol. The molecule has 0 spiro atoms. The lowest BCUT2D eigenvalue weighted by molar-refractivity contribution is -0.137. The van der Waals surface area contributed by atoms with Gasteiger partial charge in [-0.25, -0.2) is 4.98 Å². The van der Waals surface area contributed by atoms with Gasteiger partial charge in [0.2, 0.25) is 0 Å². The number of nitrogens with zero attached hydrogens (tertiary/aromatic N) is 2. The predicted molar refractivity (Wildman–Crippen MR) is 83.8 cm³/mol. The topological polar surface area (TPSA) is 36.3 Å². The second-order valence-electron chi connectivity index (χ2n) is 5.88. The summed E-state index contributed by atoms with van der Waals surface area (Å²) in [6, 6.07) is 3.74. The molecule has 1 aliphatic rings. The summed E-state index contributed by atoms with van der Waals surface area (Å²) >= 11 is 0. The number of hydrogen-bond acceptors (Lipinski definition) is 3. The van der Waals surface area contributed by atoms with E-state index in [0.29, 0.717) is 37.4 Å². The van der Waals surface area contributed by atoms with Crippen LogP contribution in [-0.4, -0.2) is 29.4 Å². The average molecular weight is 342 g/mol. The Morgan fingerprint density at radius 3 is 2.88 bits per heavy atom. The number of hydrogen-bond donors (Lipinski definition) is 0. The van der Waals surface area contributed by atoms with E-state index in [9.17, 15) is 13.2 Å². The lowest BCUT2D eigenvalue weighted by Crippen LogP contribution is -2.10. The highest BCUT2D eigenvalue weighted by atomic mass is 19.4. The van der Waals surface area contributed by atoms with Crippen molar-refractivity contribution in [3.63, 3.8) is 0 Å². The van der Waals surface area contributed by atoms with E-state index < -0.39 is 11.7 Å². The Labute approximate surface area is 138 Å². The maximum Gasteiger partial charge on any atom is 0.416 e. The minimum absolute atomic E-state index is 0.140. The van der Waals surface area contributed by atoms with Gasteiger partial charge in [0.25, 0.3) is 0 Å². The van der Waals surface area contributed by atoms with Gasteiger partial charge in [-0.15, -0.1) is 0 Å². The summed E-state index contributed by atoms with van der Waals surface area (Å²) in [4.78, 5) is 4.46. The quantitative estimate of drug-likeness (QED) is 0.733. The van der Waals surface area contributed by atoms with Crippen molar-refractivity contribution in [3.8, 4) is 0 Å². The lowest BCUT2D eigenvalue weighted by atomic mass is 10.2. The normalized spacial score (nSPS) is 18.6. The van der Waals surface area contributed by atoms with Crippen molar-refractivity contribution in [3.05, 3.63) is 29.6 Å². The minimum atomic E-state index is -4.36. The molecule has 0 bridgehead atoms. The van der Waals surface area contributed by atoms with Crippen LogP contribution in [0.4, 0.5) is 13.2 Å². The van der Waals surface area contributed by atoms with E-state index in [1.165, 1.54) is 6.07 Å². The average Bonchev–Trinajstić information content (AvgIpc) is 3.17. The number of aromatic nitrogens is 2. The van der Waals surface area contributed by atoms with Crippen LogP contribution in [0.25, 0.3) is 11.0 Å². The van der Waals surface area contributed by atoms with E-state index in [4.69, 9.17) is 9.47 Å². The molecule has 132 valence electrons. The second kappa shape index (κ2) is 7.11. The summed E-state index contributed by atoms with van der Waals surface area (Å²) in [6.45, 7) is 4.51. The predicted octanol–water partition coefficient (Wildman–Crippen LogP) is 4.33. The first-order chi connectivity index (χ1) is 11.5. The van der Waals surface area contributed by atoms with Crippen LogP contribution in [-0.2, 0) is 22.2 Å². The van der Waals surface area contributed by atoms with Crippen molar-refractivity contribution in [1.29, 1.82) is 0 Å². The zero-order valence-electron chi connectivity index (χ0n) is 13.6. The molecule has 24 heavy (non-hydrogen) atoms. The fourth-order valence-corrected chi connectivity index (χ4v) is 3.06. The van der Waals surface area contributed by atoms with Crippen LogP contribution < -0.4 is 0 Å². The van der Waals surface area contributed by atoms with Crippen LogP contribution in [0.15, 0.2) is 18.2 Å². The highest BCUT2D eigenvalue weighted by Crippen LogP contribution is 2.34. The van der Waals surface area contributed by atoms with Crippen molar-refractivity contribution >= 4 is 11.0 Å². The van der Waals surface area contributed by atoms with Gasteiger partial charge in [-0.05, 0) is 44.4 Å². The van der Waals surface area contributed by atoms with Crippen LogP contribution in [0.3, 0.4) is 0 Å². The summed E-state index contributed by atoms with van der Waals surface area (Å²) in [7, 11) is 0. The largest absolute Gasteiger partial charge is 0.416 e. The SMILES string of the molecule is CCOCCCn1c(C2CCCO2)nc2cc(C(F)(F)F)ccc21. The fraction of sp³-hybridized carbons (Fsp3) is 0.588. The van der Waals surface area contributed by atoms with Gasteiger partial charge in [-0.2, -0.15) is 13.2 Å². The smallest absolute Gasteiger partial charge is 0.382 e. The van der Waals surface area contributed by atoms with Crippen LogP contribution >= 0.6 is 0 Å². The number of halogens is 3. The molecule has 1 atom stereocenters. The molecule has 1 saturated heterocycles. The Morgan fingerprint density at radius 2 is 2.21 bits per heavy atom. The zero-order chi connectivity index (χ0) is 17.2. The molecule has 0 aliphatic carbocycles. The standard InChI is InChI=1S/C17H21F3N2O2/c1-2-23-9-4-8-22-14-7-6-12(17(18,19)20)11-13(14)21-16(22)15-5-3-10-24-15/h6-7,11,15H,2-5,8-10H2,1H3. The maximum atomic E-state index is 12.9. The minimum Gasteiger partial charge on any atom is -0.382 e. The van der Waals surface area contributed by atoms with Crippen molar-refractivity contribution in [1.82, 2.24) is 9.55 Å². The molecule has 1 unspecified atom stereocenters. The maximum absolute atomic E-state index is 12.9. The number of rotatable bonds is 6. The molecule has 1 aliphatic heterocycles. The van der Waals surface area contributed by atoms with Crippen LogP contribution in [0.2, 0.25) is 0 Å². The molecule has 2 heterocycles. The third-order valence-electron chi connectivity index (χ3n) is 4.20. The van der Waals surface area contributed by atoms with Crippen molar-refractivity contribution in [2.45, 2.75) is 45.0 Å². The molecule has 0 N–H and O–H groups in total. The van der Waals surface area contributed by atoms with E-state index in [1.807, 2.05) is 11.5 Å². The number of alkyl halides is 3. The first-order valence-electron chi connectivity index (χ1n) is 8.27. The lowest BCUT2D eigenvalue weighted by Gasteiger charge is -2.13. The molecule has 0 amide bonds. The molecular weight excluding hydrogens is 321 g/mol. The number of imidazole rings is 1. The van der Waals surface area contributed by atoms with Gasteiger partial charge < -0.3 is 14.0 Å². The summed E-state index contributed by atoms with van der Waals surface area (Å²) in [5, 5.41) is 0. The van der Waals surface area contributed by atoms with Crippen molar-refractivity contribution in [2.75, 3.05) is 19.8 Å². The second-order valence-corrected chi connectivity index (χ2v) is 5.88. The van der Waals surface area contributed by atoms with Gasteiger partial charge in [0.1, 0.15) is 11.9 Å². The van der Waals surface area contributed by atoms with Gasteiger partial charge >= 0.3 is 6.18 Å². The van der Waals surface area contributed by atoms with Crippen molar-refractivity contribution < 1.29 is 22.6 Å². The van der Waals surface area contributed by atoms with E-state index in [0.717, 1.165) is 37.2 Å². The molecular formula is C17H21F3N2O2. The van der Waals surface area contributed by atoms with Crippen LogP contribution in [0.5, 0.6) is 0 Å². The van der Waals surface area contributed by atoms with E-state index in [-0.39, 0.29) is 6.10 Å². The van der Waals surface area contributed by atoms with Gasteiger partial charge in [-0.1, -0.05) is 0 Å². The summed E-state index contributed by atoms with van der Waals surface area (Å²) in [6.07, 6.45) is -1.93. The molecule has 0 saturated carbocycles. The third kappa shape index (κ3) is 3.57. The van der Waals surface area contributed by atoms with E-state index in [2.05, 4.69) is 4.98 Å². The number of ether oxygens (including phenoxy) is 2. The summed E-state index contributed by atoms with van der Waals surface area (Å²) in [5.41, 5.74) is 0.407. The Balaban J connectivity index is 1.95. The first-order valence-corrected chi connectivity index (χ1v) is 8.27. The van der Waals surface area contributed by atoms with Crippen molar-refractivity contribution in [2.24, 2.45) is 0 Å². The van der Waals surface area contributed by atoms with Crippen LogP contribution in [0.1, 0.15) is 43.7 Å². The molecule has 1 aromatic heterocycles. The fourth-order valence-electron chi connectivity index (χ4n) is 3.06. The Morgan fingerprint density at radius 1 is 1.38 bits per heavy atom. The van der Waals surface area contributed by atoms with Gasteiger partial charge in [-0.3, -0.25) is 0 Å². The first kappa shape index (κ1) is 17.2. The van der Waals surface area contributed by atoms with Gasteiger partial charge in [0, 0.05) is 26.4 Å². The molecule has 3 rings (SSSR count). The van der Waals surface area contributed by atoms with E-state index in [1.54, 1.807) is 0 Å². The summed E-state index contributed by atoms with van der Waals surface area (Å²) in [5.74, 6) is 0.721. The molecule has 4 nitrogen and oxygen atoms in total. The zero-order valence-corrected chi connectivity index (χ0v) is 13.6. The number of aryl methyl sites for hydroxylation is 1. The Hall–Kier alpha value is -1.60. The highest BCUT2D eigenvalue weighted by Gasteiger charge is 2.32. The Bertz CT molecular complexity index is 691. The van der Waals surface area contributed by atoms with Gasteiger partial charge in [0.05, 0.1) is 16.6 Å². The van der Waals surface area contributed by atoms with Gasteiger partial charge in [0.15, 0.2) is 0 Å². The number of benzene rings is 1. The molecule has 0 radical (unpaired) electrons. The van der Waals surface area contributed by atoms with Crippen LogP contribution in [0, 0.1) is 0 Å². The third-order valence-corrected chi connectivity index (χ3v) is 4.20. The number of fused-ring (bicyclic) bond motifs is 1. The molecule has 2 aromatic rings. The summed E-state index contributed by atoms with van der Waals surface area (Å²) < 4.78 is 51.8. The molecule has 1 fully saturated rings. The molecule has 1 aromatic carbocycles.